The molecule has 1 atom stereocenters. The summed E-state index contributed by atoms with van der Waals surface area (Å²) in [4.78, 5) is 4.95. The van der Waals surface area contributed by atoms with Gasteiger partial charge in [-0.3, -0.25) is 4.90 Å². The largest absolute Gasteiger partial charge is 0.369 e. The molecule has 4 heteroatoms. The number of halogens is 1. The van der Waals surface area contributed by atoms with Gasteiger partial charge in [0.05, 0.1) is 0 Å². The molecule has 0 spiro atoms. The molecule has 1 heterocycles. The van der Waals surface area contributed by atoms with E-state index in [9.17, 15) is 0 Å². The van der Waals surface area contributed by atoms with E-state index in [2.05, 4.69) is 42.7 Å². The summed E-state index contributed by atoms with van der Waals surface area (Å²) in [5.74, 6) is 0. The topological polar surface area (TPSA) is 32.5 Å². The summed E-state index contributed by atoms with van der Waals surface area (Å²) in [5, 5.41) is 0.795. The number of nitrogens with two attached hydrogens (primary N) is 1. The molecule has 0 bridgehead atoms. The van der Waals surface area contributed by atoms with E-state index in [4.69, 9.17) is 17.3 Å². The lowest BCUT2D eigenvalue weighted by Gasteiger charge is -2.44. The zero-order chi connectivity index (χ0) is 14.8. The van der Waals surface area contributed by atoms with Crippen LogP contribution >= 0.6 is 11.6 Å². The molecule has 0 amide bonds. The number of hydrogen-bond acceptors (Lipinski definition) is 3. The van der Waals surface area contributed by atoms with Gasteiger partial charge in [0.2, 0.25) is 0 Å². The molecule has 1 aromatic carbocycles. The maximum Gasteiger partial charge on any atom is 0.0407 e. The van der Waals surface area contributed by atoms with Gasteiger partial charge >= 0.3 is 0 Å². The smallest absolute Gasteiger partial charge is 0.0407 e. The molecule has 1 fully saturated rings. The van der Waals surface area contributed by atoms with Crippen molar-refractivity contribution in [2.75, 3.05) is 37.6 Å². The van der Waals surface area contributed by atoms with Crippen LogP contribution in [0.1, 0.15) is 20.8 Å². The predicted molar refractivity (Wildman–Crippen MR) is 87.5 cm³/mol. The maximum atomic E-state index is 5.98. The third-order valence-electron chi connectivity index (χ3n) is 4.17. The van der Waals surface area contributed by atoms with Crippen LogP contribution in [0.3, 0.4) is 0 Å². The van der Waals surface area contributed by atoms with Crippen LogP contribution < -0.4 is 10.6 Å². The summed E-state index contributed by atoms with van der Waals surface area (Å²) in [6.45, 7) is 11.8. The standard InChI is InChI=1S/C16H26ClN3/c1-16(2,3)15(12-18)20-10-8-19(9-11-20)14-6-4-13(17)5-7-14/h4-7,15H,8-12,18H2,1-3H3. The highest BCUT2D eigenvalue weighted by Gasteiger charge is 2.31. The quantitative estimate of drug-likeness (QED) is 0.931. The third kappa shape index (κ3) is 3.66. The van der Waals surface area contributed by atoms with Crippen molar-refractivity contribution in [3.8, 4) is 0 Å². The lowest BCUT2D eigenvalue weighted by molar-refractivity contribution is 0.0987. The normalized spacial score (nSPS) is 19.1. The van der Waals surface area contributed by atoms with Crippen molar-refractivity contribution >= 4 is 17.3 Å². The van der Waals surface area contributed by atoms with Crippen molar-refractivity contribution in [2.45, 2.75) is 26.8 Å². The summed E-state index contributed by atoms with van der Waals surface area (Å²) in [6.07, 6.45) is 0. The number of anilines is 1. The van der Waals surface area contributed by atoms with Crippen LogP contribution in [0.5, 0.6) is 0 Å². The summed E-state index contributed by atoms with van der Waals surface area (Å²) in [6, 6.07) is 8.57. The van der Waals surface area contributed by atoms with Crippen LogP contribution in [0.2, 0.25) is 5.02 Å². The van der Waals surface area contributed by atoms with Crippen molar-refractivity contribution in [3.63, 3.8) is 0 Å². The third-order valence-corrected chi connectivity index (χ3v) is 4.42. The van der Waals surface area contributed by atoms with Crippen molar-refractivity contribution in [2.24, 2.45) is 11.1 Å². The van der Waals surface area contributed by atoms with Gasteiger partial charge in [0.1, 0.15) is 0 Å². The minimum Gasteiger partial charge on any atom is -0.369 e. The van der Waals surface area contributed by atoms with Crippen molar-refractivity contribution in [1.29, 1.82) is 0 Å². The number of nitrogens with zero attached hydrogens (tertiary/aromatic N) is 2. The molecule has 0 saturated carbocycles. The van der Waals surface area contributed by atoms with Crippen LogP contribution in [-0.2, 0) is 0 Å². The van der Waals surface area contributed by atoms with E-state index in [1.165, 1.54) is 5.69 Å². The number of rotatable bonds is 3. The summed E-state index contributed by atoms with van der Waals surface area (Å²) in [7, 11) is 0. The molecule has 1 aliphatic heterocycles. The Hall–Kier alpha value is -0.770. The monoisotopic (exact) mass is 295 g/mol. The van der Waals surface area contributed by atoms with E-state index < -0.39 is 0 Å². The predicted octanol–water partition coefficient (Wildman–Crippen LogP) is 2.84. The fraction of sp³-hybridized carbons (Fsp3) is 0.625. The fourth-order valence-electron chi connectivity index (χ4n) is 2.99. The molecule has 1 saturated heterocycles. The molecule has 3 nitrogen and oxygen atoms in total. The summed E-state index contributed by atoms with van der Waals surface area (Å²) < 4.78 is 0. The first kappa shape index (κ1) is 15.6. The van der Waals surface area contributed by atoms with Crippen LogP contribution in [0, 0.1) is 5.41 Å². The van der Waals surface area contributed by atoms with E-state index in [0.717, 1.165) is 37.7 Å². The van der Waals surface area contributed by atoms with Gasteiger partial charge in [0.15, 0.2) is 0 Å². The number of piperazine rings is 1. The van der Waals surface area contributed by atoms with Gasteiger partial charge in [-0.2, -0.15) is 0 Å². The molecular formula is C16H26ClN3. The molecule has 20 heavy (non-hydrogen) atoms. The zero-order valence-electron chi connectivity index (χ0n) is 12.8. The Balaban J connectivity index is 1.96. The van der Waals surface area contributed by atoms with E-state index in [-0.39, 0.29) is 5.41 Å². The van der Waals surface area contributed by atoms with Gasteiger partial charge in [0.25, 0.3) is 0 Å². The van der Waals surface area contributed by atoms with Crippen LogP contribution in [0.25, 0.3) is 0 Å². The molecule has 0 aliphatic carbocycles. The number of hydrogen-bond donors (Lipinski definition) is 1. The Morgan fingerprint density at radius 3 is 2.10 bits per heavy atom. The average Bonchev–Trinajstić information content (AvgIpc) is 2.40. The van der Waals surface area contributed by atoms with Crippen molar-refractivity contribution < 1.29 is 0 Å². The highest BCUT2D eigenvalue weighted by atomic mass is 35.5. The zero-order valence-corrected chi connectivity index (χ0v) is 13.5. The second kappa shape index (κ2) is 6.33. The summed E-state index contributed by atoms with van der Waals surface area (Å²) >= 11 is 5.94. The van der Waals surface area contributed by atoms with E-state index in [1.54, 1.807) is 0 Å². The molecule has 112 valence electrons. The van der Waals surface area contributed by atoms with Gasteiger partial charge in [0, 0.05) is 49.5 Å². The Labute approximate surface area is 127 Å². The molecule has 1 unspecified atom stereocenters. The van der Waals surface area contributed by atoms with Crippen LogP contribution in [0.4, 0.5) is 5.69 Å². The highest BCUT2D eigenvalue weighted by Crippen LogP contribution is 2.26. The van der Waals surface area contributed by atoms with Gasteiger partial charge in [-0.15, -0.1) is 0 Å². The highest BCUT2D eigenvalue weighted by molar-refractivity contribution is 6.30. The molecule has 1 aliphatic rings. The second-order valence-electron chi connectivity index (χ2n) is 6.62. The molecule has 2 N–H and O–H groups in total. The molecule has 0 radical (unpaired) electrons. The Kier molecular flexibility index (Phi) is 4.95. The Bertz CT molecular complexity index is 416. The van der Waals surface area contributed by atoms with Crippen LogP contribution in [0.15, 0.2) is 24.3 Å². The second-order valence-corrected chi connectivity index (χ2v) is 7.05. The van der Waals surface area contributed by atoms with Crippen molar-refractivity contribution in [3.05, 3.63) is 29.3 Å². The van der Waals surface area contributed by atoms with Gasteiger partial charge in [-0.25, -0.2) is 0 Å². The molecular weight excluding hydrogens is 270 g/mol. The van der Waals surface area contributed by atoms with Gasteiger partial charge < -0.3 is 10.6 Å². The number of benzene rings is 1. The maximum absolute atomic E-state index is 5.98. The van der Waals surface area contributed by atoms with E-state index in [1.807, 2.05) is 12.1 Å². The fourth-order valence-corrected chi connectivity index (χ4v) is 3.12. The first-order chi connectivity index (χ1) is 9.41. The molecule has 1 aromatic rings. The Morgan fingerprint density at radius 1 is 1.10 bits per heavy atom. The van der Waals surface area contributed by atoms with Crippen molar-refractivity contribution in [1.82, 2.24) is 4.90 Å². The lowest BCUT2D eigenvalue weighted by Crippen LogP contribution is -2.56. The lowest BCUT2D eigenvalue weighted by atomic mass is 9.85. The molecule has 2 rings (SSSR count). The van der Waals surface area contributed by atoms with Crippen LogP contribution in [-0.4, -0.2) is 43.7 Å². The average molecular weight is 296 g/mol. The minimum atomic E-state index is 0.233. The van der Waals surface area contributed by atoms with E-state index in [0.29, 0.717) is 6.04 Å². The summed E-state index contributed by atoms with van der Waals surface area (Å²) in [5.41, 5.74) is 7.47. The SMILES string of the molecule is CC(C)(C)C(CN)N1CCN(c2ccc(Cl)cc2)CC1. The van der Waals surface area contributed by atoms with Gasteiger partial charge in [-0.05, 0) is 29.7 Å². The Morgan fingerprint density at radius 2 is 1.65 bits per heavy atom. The first-order valence-corrected chi connectivity index (χ1v) is 7.74. The van der Waals surface area contributed by atoms with Gasteiger partial charge in [-0.1, -0.05) is 32.4 Å². The van der Waals surface area contributed by atoms with E-state index >= 15 is 0 Å². The minimum absolute atomic E-state index is 0.233. The molecule has 0 aromatic heterocycles. The first-order valence-electron chi connectivity index (χ1n) is 7.36.